The standard InChI is InChI=1S/C13H24O/c1-5-12(14)10-6-8-11(9-7-10)13(2,3)4/h6,11-12,14H,5,7-9H2,1-4H3. The van der Waals surface area contributed by atoms with Crippen molar-refractivity contribution in [2.75, 3.05) is 0 Å². The van der Waals surface area contributed by atoms with Crippen LogP contribution in [0.3, 0.4) is 0 Å². The normalized spacial score (nSPS) is 25.8. The van der Waals surface area contributed by atoms with Gasteiger partial charge in [-0.25, -0.2) is 0 Å². The molecule has 1 N–H and O–H groups in total. The first-order valence-electron chi connectivity index (χ1n) is 5.82. The van der Waals surface area contributed by atoms with Crippen LogP contribution in [0.2, 0.25) is 0 Å². The Morgan fingerprint density at radius 2 is 2.14 bits per heavy atom. The number of aliphatic hydroxyl groups is 1. The van der Waals surface area contributed by atoms with Gasteiger partial charge in [-0.3, -0.25) is 0 Å². The molecule has 0 bridgehead atoms. The van der Waals surface area contributed by atoms with Gasteiger partial charge in [-0.2, -0.15) is 0 Å². The van der Waals surface area contributed by atoms with Crippen molar-refractivity contribution in [3.8, 4) is 0 Å². The van der Waals surface area contributed by atoms with Crippen LogP contribution in [-0.4, -0.2) is 11.2 Å². The maximum absolute atomic E-state index is 9.70. The molecule has 1 aliphatic carbocycles. The maximum atomic E-state index is 9.70. The van der Waals surface area contributed by atoms with Crippen molar-refractivity contribution < 1.29 is 5.11 Å². The minimum absolute atomic E-state index is 0.184. The first-order valence-corrected chi connectivity index (χ1v) is 5.82. The van der Waals surface area contributed by atoms with Gasteiger partial charge in [0.15, 0.2) is 0 Å². The zero-order valence-corrected chi connectivity index (χ0v) is 10.0. The number of allylic oxidation sites excluding steroid dienone is 1. The quantitative estimate of drug-likeness (QED) is 0.670. The van der Waals surface area contributed by atoms with Gasteiger partial charge in [0.25, 0.3) is 0 Å². The summed E-state index contributed by atoms with van der Waals surface area (Å²) in [6.07, 6.45) is 6.43. The first-order chi connectivity index (χ1) is 6.45. The summed E-state index contributed by atoms with van der Waals surface area (Å²) in [5, 5.41) is 9.70. The van der Waals surface area contributed by atoms with Crippen LogP contribution in [0.5, 0.6) is 0 Å². The van der Waals surface area contributed by atoms with E-state index in [1.54, 1.807) is 0 Å². The van der Waals surface area contributed by atoms with Crippen LogP contribution >= 0.6 is 0 Å². The largest absolute Gasteiger partial charge is 0.389 e. The Labute approximate surface area is 88.2 Å². The van der Waals surface area contributed by atoms with Gasteiger partial charge < -0.3 is 5.11 Å². The molecular formula is C13H24O. The Morgan fingerprint density at radius 3 is 2.50 bits per heavy atom. The molecule has 0 aliphatic heterocycles. The predicted molar refractivity (Wildman–Crippen MR) is 61.2 cm³/mol. The molecule has 2 unspecified atom stereocenters. The molecule has 1 aliphatic rings. The predicted octanol–water partition coefficient (Wildman–Crippen LogP) is 3.53. The topological polar surface area (TPSA) is 20.2 Å². The van der Waals surface area contributed by atoms with Crippen LogP contribution < -0.4 is 0 Å². The van der Waals surface area contributed by atoms with E-state index < -0.39 is 0 Å². The van der Waals surface area contributed by atoms with Crippen molar-refractivity contribution >= 4 is 0 Å². The summed E-state index contributed by atoms with van der Waals surface area (Å²) < 4.78 is 0. The second-order valence-corrected chi connectivity index (χ2v) is 5.54. The smallest absolute Gasteiger partial charge is 0.0747 e. The lowest BCUT2D eigenvalue weighted by atomic mass is 9.72. The lowest BCUT2D eigenvalue weighted by Crippen LogP contribution is -2.24. The van der Waals surface area contributed by atoms with Gasteiger partial charge in [0.05, 0.1) is 6.10 Å². The second kappa shape index (κ2) is 4.48. The lowest BCUT2D eigenvalue weighted by molar-refractivity contribution is 0.178. The van der Waals surface area contributed by atoms with Crippen molar-refractivity contribution in [1.82, 2.24) is 0 Å². The van der Waals surface area contributed by atoms with Crippen molar-refractivity contribution in [3.63, 3.8) is 0 Å². The molecule has 1 nitrogen and oxygen atoms in total. The number of hydrogen-bond donors (Lipinski definition) is 1. The Bertz CT molecular complexity index is 210. The van der Waals surface area contributed by atoms with Gasteiger partial charge in [-0.05, 0) is 42.6 Å². The van der Waals surface area contributed by atoms with Gasteiger partial charge in [0, 0.05) is 0 Å². The number of hydrogen-bond acceptors (Lipinski definition) is 1. The molecule has 14 heavy (non-hydrogen) atoms. The van der Waals surface area contributed by atoms with Gasteiger partial charge >= 0.3 is 0 Å². The monoisotopic (exact) mass is 196 g/mol. The average molecular weight is 196 g/mol. The van der Waals surface area contributed by atoms with Crippen LogP contribution in [0, 0.1) is 11.3 Å². The average Bonchev–Trinajstić information content (AvgIpc) is 2.15. The molecule has 0 spiro atoms. The van der Waals surface area contributed by atoms with E-state index in [0.717, 1.165) is 25.2 Å². The molecule has 0 aromatic heterocycles. The summed E-state index contributed by atoms with van der Waals surface area (Å²) in [6, 6.07) is 0. The van der Waals surface area contributed by atoms with Crippen LogP contribution in [0.25, 0.3) is 0 Å². The molecule has 0 saturated carbocycles. The highest BCUT2D eigenvalue weighted by atomic mass is 16.3. The third-order valence-corrected chi connectivity index (χ3v) is 3.49. The minimum atomic E-state index is -0.184. The summed E-state index contributed by atoms with van der Waals surface area (Å²) in [6.45, 7) is 8.98. The fourth-order valence-corrected chi connectivity index (χ4v) is 2.21. The van der Waals surface area contributed by atoms with E-state index in [9.17, 15) is 5.11 Å². The van der Waals surface area contributed by atoms with E-state index in [0.29, 0.717) is 5.41 Å². The highest BCUT2D eigenvalue weighted by Gasteiger charge is 2.27. The molecule has 1 rings (SSSR count). The maximum Gasteiger partial charge on any atom is 0.0747 e. The molecule has 0 radical (unpaired) electrons. The highest BCUT2D eigenvalue weighted by Crippen LogP contribution is 2.37. The summed E-state index contributed by atoms with van der Waals surface area (Å²) in [4.78, 5) is 0. The molecule has 1 heteroatoms. The lowest BCUT2D eigenvalue weighted by Gasteiger charge is -2.34. The fraction of sp³-hybridized carbons (Fsp3) is 0.846. The van der Waals surface area contributed by atoms with E-state index in [4.69, 9.17) is 0 Å². The van der Waals surface area contributed by atoms with Gasteiger partial charge in [0.2, 0.25) is 0 Å². The van der Waals surface area contributed by atoms with E-state index in [2.05, 4.69) is 26.8 Å². The van der Waals surface area contributed by atoms with Crippen molar-refractivity contribution in [3.05, 3.63) is 11.6 Å². The SMILES string of the molecule is CCC(O)C1=CCC(C(C)(C)C)CC1. The minimum Gasteiger partial charge on any atom is -0.389 e. The molecule has 0 saturated heterocycles. The molecular weight excluding hydrogens is 172 g/mol. The zero-order valence-electron chi connectivity index (χ0n) is 10.0. The van der Waals surface area contributed by atoms with Gasteiger partial charge in [0.1, 0.15) is 0 Å². The van der Waals surface area contributed by atoms with Crippen molar-refractivity contribution in [2.24, 2.45) is 11.3 Å². The van der Waals surface area contributed by atoms with Crippen LogP contribution in [0.1, 0.15) is 53.4 Å². The Morgan fingerprint density at radius 1 is 1.50 bits per heavy atom. The molecule has 0 amide bonds. The van der Waals surface area contributed by atoms with E-state index in [1.807, 2.05) is 6.92 Å². The highest BCUT2D eigenvalue weighted by molar-refractivity contribution is 5.12. The van der Waals surface area contributed by atoms with Crippen LogP contribution in [0.4, 0.5) is 0 Å². The third-order valence-electron chi connectivity index (χ3n) is 3.49. The summed E-state index contributed by atoms with van der Waals surface area (Å²) in [7, 11) is 0. The van der Waals surface area contributed by atoms with Crippen molar-refractivity contribution in [1.29, 1.82) is 0 Å². The van der Waals surface area contributed by atoms with Crippen molar-refractivity contribution in [2.45, 2.75) is 59.5 Å². The number of aliphatic hydroxyl groups excluding tert-OH is 1. The van der Waals surface area contributed by atoms with E-state index in [1.165, 1.54) is 12.0 Å². The third kappa shape index (κ3) is 2.84. The first kappa shape index (κ1) is 11.8. The Kier molecular flexibility index (Phi) is 3.77. The summed E-state index contributed by atoms with van der Waals surface area (Å²) >= 11 is 0. The molecule has 0 fully saturated rings. The molecule has 2 atom stereocenters. The summed E-state index contributed by atoms with van der Waals surface area (Å²) in [5.41, 5.74) is 1.69. The molecule has 82 valence electrons. The van der Waals surface area contributed by atoms with Crippen LogP contribution in [-0.2, 0) is 0 Å². The molecule has 0 heterocycles. The Balaban J connectivity index is 2.55. The van der Waals surface area contributed by atoms with E-state index >= 15 is 0 Å². The number of rotatable bonds is 2. The molecule has 0 aromatic carbocycles. The van der Waals surface area contributed by atoms with Gasteiger partial charge in [-0.1, -0.05) is 33.8 Å². The van der Waals surface area contributed by atoms with Crippen LogP contribution in [0.15, 0.2) is 11.6 Å². The second-order valence-electron chi connectivity index (χ2n) is 5.54. The molecule has 0 aromatic rings. The van der Waals surface area contributed by atoms with E-state index in [-0.39, 0.29) is 6.10 Å². The summed E-state index contributed by atoms with van der Waals surface area (Å²) in [5.74, 6) is 0.787. The zero-order chi connectivity index (χ0) is 10.8. The Hall–Kier alpha value is -0.300. The fourth-order valence-electron chi connectivity index (χ4n) is 2.21. The van der Waals surface area contributed by atoms with Gasteiger partial charge in [-0.15, -0.1) is 0 Å².